The van der Waals surface area contributed by atoms with Crippen molar-refractivity contribution in [3.05, 3.63) is 0 Å². The van der Waals surface area contributed by atoms with Crippen LogP contribution >= 0.6 is 11.6 Å². The minimum Gasteiger partial charge on any atom is -0.372 e. The second-order valence-corrected chi connectivity index (χ2v) is 3.38. The van der Waals surface area contributed by atoms with Crippen LogP contribution in [0, 0.1) is 5.92 Å². The van der Waals surface area contributed by atoms with Gasteiger partial charge in [0.05, 0.1) is 0 Å². The molecule has 64 valence electrons. The summed E-state index contributed by atoms with van der Waals surface area (Å²) in [5.74, 6) is 0.366. The fourth-order valence-electron chi connectivity index (χ4n) is 1.73. The van der Waals surface area contributed by atoms with Crippen molar-refractivity contribution in [1.82, 2.24) is 0 Å². The van der Waals surface area contributed by atoms with E-state index in [4.69, 9.17) is 16.3 Å². The number of hydrogen-bond acceptors (Lipinski definition) is 2. The van der Waals surface area contributed by atoms with E-state index in [1.54, 1.807) is 7.11 Å². The van der Waals surface area contributed by atoms with Crippen LogP contribution in [0.4, 0.5) is 0 Å². The molecule has 0 amide bonds. The van der Waals surface area contributed by atoms with Gasteiger partial charge in [0.25, 0.3) is 5.24 Å². The predicted molar refractivity (Wildman–Crippen MR) is 43.6 cm³/mol. The summed E-state index contributed by atoms with van der Waals surface area (Å²) in [4.78, 5) is 10.8. The molecule has 2 nitrogen and oxygen atoms in total. The average Bonchev–Trinajstić information content (AvgIpc) is 2.40. The summed E-state index contributed by atoms with van der Waals surface area (Å²) in [5, 5.41) is -0.348. The molecule has 0 heterocycles. The molecule has 1 unspecified atom stereocenters. The highest BCUT2D eigenvalue weighted by atomic mass is 35.5. The standard InChI is InChI=1S/C8H13ClO2/c1-11-7(8(9)10)6-4-2-3-5-6/h6-7H,2-5H2,1H3. The van der Waals surface area contributed by atoms with Crippen LogP contribution in [0.1, 0.15) is 25.7 Å². The van der Waals surface area contributed by atoms with Gasteiger partial charge in [-0.2, -0.15) is 0 Å². The van der Waals surface area contributed by atoms with E-state index in [0.29, 0.717) is 5.92 Å². The molecule has 1 aliphatic rings. The fraction of sp³-hybridized carbons (Fsp3) is 0.875. The lowest BCUT2D eigenvalue weighted by Crippen LogP contribution is -2.26. The molecule has 1 fully saturated rings. The van der Waals surface area contributed by atoms with E-state index in [9.17, 15) is 4.79 Å². The van der Waals surface area contributed by atoms with Crippen LogP contribution in [0.2, 0.25) is 0 Å². The molecule has 0 aromatic carbocycles. The zero-order valence-corrected chi connectivity index (χ0v) is 7.43. The molecule has 1 rings (SSSR count). The van der Waals surface area contributed by atoms with Crippen molar-refractivity contribution in [2.24, 2.45) is 5.92 Å². The van der Waals surface area contributed by atoms with Gasteiger partial charge in [0.1, 0.15) is 6.10 Å². The van der Waals surface area contributed by atoms with Crippen LogP contribution in [0.5, 0.6) is 0 Å². The van der Waals surface area contributed by atoms with Crippen molar-refractivity contribution in [2.75, 3.05) is 7.11 Å². The third-order valence-corrected chi connectivity index (χ3v) is 2.52. The number of ether oxygens (including phenoxy) is 1. The Bertz CT molecular complexity index is 141. The maximum absolute atomic E-state index is 10.8. The van der Waals surface area contributed by atoms with Crippen LogP contribution in [-0.2, 0) is 9.53 Å². The molecule has 0 N–H and O–H groups in total. The number of methoxy groups -OCH3 is 1. The van der Waals surface area contributed by atoms with Crippen LogP contribution in [0.25, 0.3) is 0 Å². The second-order valence-electron chi connectivity index (χ2n) is 3.00. The lowest BCUT2D eigenvalue weighted by atomic mass is 10.0. The molecule has 0 aromatic rings. The van der Waals surface area contributed by atoms with Gasteiger partial charge in [-0.1, -0.05) is 12.8 Å². The van der Waals surface area contributed by atoms with Gasteiger partial charge in [-0.3, -0.25) is 4.79 Å². The number of halogens is 1. The maximum Gasteiger partial charge on any atom is 0.250 e. The van der Waals surface area contributed by atoms with Gasteiger partial charge < -0.3 is 4.74 Å². The third kappa shape index (κ3) is 2.17. The highest BCUT2D eigenvalue weighted by Crippen LogP contribution is 2.29. The smallest absolute Gasteiger partial charge is 0.250 e. The number of carbonyl (C=O) groups is 1. The molecular formula is C8H13ClO2. The quantitative estimate of drug-likeness (QED) is 0.615. The summed E-state index contributed by atoms with van der Waals surface area (Å²) in [6.45, 7) is 0. The van der Waals surface area contributed by atoms with E-state index in [2.05, 4.69) is 0 Å². The van der Waals surface area contributed by atoms with Crippen LogP contribution in [-0.4, -0.2) is 18.5 Å². The van der Waals surface area contributed by atoms with Crippen molar-refractivity contribution in [3.8, 4) is 0 Å². The summed E-state index contributed by atoms with van der Waals surface area (Å²) in [5.41, 5.74) is 0. The molecule has 1 aliphatic carbocycles. The van der Waals surface area contributed by atoms with Gasteiger partial charge >= 0.3 is 0 Å². The van der Waals surface area contributed by atoms with Crippen molar-refractivity contribution in [1.29, 1.82) is 0 Å². The second kappa shape index (κ2) is 4.07. The highest BCUT2D eigenvalue weighted by Gasteiger charge is 2.29. The van der Waals surface area contributed by atoms with Gasteiger partial charge in [-0.25, -0.2) is 0 Å². The Balaban J connectivity index is 2.46. The fourth-order valence-corrected chi connectivity index (χ4v) is 2.00. The SMILES string of the molecule is COC(C(=O)Cl)C1CCCC1. The maximum atomic E-state index is 10.8. The molecule has 1 saturated carbocycles. The van der Waals surface area contributed by atoms with Gasteiger partial charge in [-0.05, 0) is 30.4 Å². The molecule has 0 saturated heterocycles. The first kappa shape index (κ1) is 9.01. The average molecular weight is 177 g/mol. The van der Waals surface area contributed by atoms with Crippen molar-refractivity contribution in [2.45, 2.75) is 31.8 Å². The number of rotatable bonds is 3. The predicted octanol–water partition coefficient (Wildman–Crippen LogP) is 1.96. The molecule has 0 radical (unpaired) electrons. The largest absolute Gasteiger partial charge is 0.372 e. The Morgan fingerprint density at radius 2 is 2.09 bits per heavy atom. The van der Waals surface area contributed by atoms with Crippen LogP contribution in [0.15, 0.2) is 0 Å². The zero-order valence-electron chi connectivity index (χ0n) is 6.68. The van der Waals surface area contributed by atoms with E-state index in [1.807, 2.05) is 0 Å². The Morgan fingerprint density at radius 1 is 1.55 bits per heavy atom. The first-order valence-electron chi connectivity index (χ1n) is 3.98. The van der Waals surface area contributed by atoms with Crippen molar-refractivity contribution in [3.63, 3.8) is 0 Å². The molecule has 0 aliphatic heterocycles. The molecule has 11 heavy (non-hydrogen) atoms. The highest BCUT2D eigenvalue weighted by molar-refractivity contribution is 6.64. The Kier molecular flexibility index (Phi) is 3.34. The van der Waals surface area contributed by atoms with E-state index < -0.39 is 0 Å². The van der Waals surface area contributed by atoms with Gasteiger partial charge in [0.15, 0.2) is 0 Å². The summed E-state index contributed by atoms with van der Waals surface area (Å²) < 4.78 is 5.01. The van der Waals surface area contributed by atoms with Crippen LogP contribution < -0.4 is 0 Å². The Hall–Kier alpha value is -0.0800. The van der Waals surface area contributed by atoms with Gasteiger partial charge in [0.2, 0.25) is 0 Å². The van der Waals surface area contributed by atoms with E-state index >= 15 is 0 Å². The van der Waals surface area contributed by atoms with E-state index in [1.165, 1.54) is 12.8 Å². The van der Waals surface area contributed by atoms with Crippen molar-refractivity contribution >= 4 is 16.8 Å². The van der Waals surface area contributed by atoms with E-state index in [-0.39, 0.29) is 11.3 Å². The van der Waals surface area contributed by atoms with Crippen LogP contribution in [0.3, 0.4) is 0 Å². The third-order valence-electron chi connectivity index (χ3n) is 2.31. The number of hydrogen-bond donors (Lipinski definition) is 0. The first-order valence-corrected chi connectivity index (χ1v) is 4.35. The first-order chi connectivity index (χ1) is 5.25. The molecule has 0 bridgehead atoms. The van der Waals surface area contributed by atoms with E-state index in [0.717, 1.165) is 12.8 Å². The van der Waals surface area contributed by atoms with Gasteiger partial charge in [-0.15, -0.1) is 0 Å². The molecule has 0 aromatic heterocycles. The molecule has 0 spiro atoms. The summed E-state index contributed by atoms with van der Waals surface area (Å²) in [7, 11) is 1.54. The van der Waals surface area contributed by atoms with Gasteiger partial charge in [0, 0.05) is 7.11 Å². The van der Waals surface area contributed by atoms with Crippen molar-refractivity contribution < 1.29 is 9.53 Å². The number of carbonyl (C=O) groups excluding carboxylic acids is 1. The zero-order chi connectivity index (χ0) is 8.27. The normalized spacial score (nSPS) is 22.0. The summed E-state index contributed by atoms with van der Waals surface area (Å²) in [6, 6.07) is 0. The molecular weight excluding hydrogens is 164 g/mol. The molecule has 1 atom stereocenters. The minimum absolute atomic E-state index is 0.348. The monoisotopic (exact) mass is 176 g/mol. The lowest BCUT2D eigenvalue weighted by Gasteiger charge is -2.16. The summed E-state index contributed by atoms with van der Waals surface area (Å²) >= 11 is 5.36. The Morgan fingerprint density at radius 3 is 2.45 bits per heavy atom. The molecule has 3 heteroatoms. The minimum atomic E-state index is -0.362. The Labute approximate surface area is 71.9 Å². The summed E-state index contributed by atoms with van der Waals surface area (Å²) in [6.07, 6.45) is 4.20. The topological polar surface area (TPSA) is 26.3 Å². The lowest BCUT2D eigenvalue weighted by molar-refractivity contribution is -0.123.